The highest BCUT2D eigenvalue weighted by molar-refractivity contribution is 5.96. The predicted molar refractivity (Wildman–Crippen MR) is 139 cm³/mol. The number of fused-ring (bicyclic) bond motifs is 1. The van der Waals surface area contributed by atoms with E-state index in [-0.39, 0.29) is 17.1 Å². The van der Waals surface area contributed by atoms with Crippen molar-refractivity contribution < 1.29 is 19.0 Å². The van der Waals surface area contributed by atoms with Gasteiger partial charge in [-0.2, -0.15) is 0 Å². The van der Waals surface area contributed by atoms with E-state index < -0.39 is 11.1 Å². The Kier molecular flexibility index (Phi) is 7.60. The number of nitrogens with one attached hydrogen (secondary N) is 2. The molecule has 200 valence electrons. The van der Waals surface area contributed by atoms with Gasteiger partial charge < -0.3 is 24.5 Å². The normalized spacial score (nSPS) is 14.6. The van der Waals surface area contributed by atoms with E-state index in [0.717, 1.165) is 12.8 Å². The van der Waals surface area contributed by atoms with Crippen LogP contribution in [-0.4, -0.2) is 46.3 Å². The molecule has 0 atom stereocenters. The Morgan fingerprint density at radius 3 is 2.14 bits per heavy atom. The summed E-state index contributed by atoms with van der Waals surface area (Å²) >= 11 is 0. The number of aromatic amines is 1. The van der Waals surface area contributed by atoms with Crippen LogP contribution in [0.2, 0.25) is 0 Å². The topological polar surface area (TPSA) is 129 Å². The lowest BCUT2D eigenvalue weighted by molar-refractivity contribution is 0.0893. The number of benzene rings is 1. The summed E-state index contributed by atoms with van der Waals surface area (Å²) in [4.78, 5) is 47.8. The third kappa shape index (κ3) is 4.58. The molecule has 0 bridgehead atoms. The monoisotopic (exact) mass is 513 g/mol. The molecule has 1 fully saturated rings. The third-order valence-corrected chi connectivity index (χ3v) is 6.95. The van der Waals surface area contributed by atoms with Crippen molar-refractivity contribution >= 4 is 17.1 Å². The maximum atomic E-state index is 13.5. The Morgan fingerprint density at radius 1 is 1.00 bits per heavy atom. The van der Waals surface area contributed by atoms with E-state index in [1.165, 1.54) is 25.9 Å². The molecule has 0 spiro atoms. The Bertz CT molecular complexity index is 1390. The van der Waals surface area contributed by atoms with Gasteiger partial charge in [0.2, 0.25) is 5.75 Å². The number of methoxy groups -OCH3 is 3. The van der Waals surface area contributed by atoms with Crippen LogP contribution < -0.4 is 30.8 Å². The number of imidazole rings is 1. The second-order valence-electron chi connectivity index (χ2n) is 9.33. The van der Waals surface area contributed by atoms with Crippen molar-refractivity contribution in [2.45, 2.75) is 71.0 Å². The molecule has 0 unspecified atom stereocenters. The largest absolute Gasteiger partial charge is 0.493 e. The molecule has 4 rings (SSSR count). The molecule has 0 radical (unpaired) electrons. The van der Waals surface area contributed by atoms with E-state index in [1.54, 1.807) is 16.7 Å². The van der Waals surface area contributed by atoms with Crippen molar-refractivity contribution in [3.63, 3.8) is 0 Å². The standard InChI is InChI=1S/C26H35N5O6/c1-6-12-30-21-19(23(33)31(13-7-2)25(30)34)27-24(28-21)26(10-8-9-11-26)29-22(32)16-14-17(35-3)20(37-5)18(15-16)36-4/h14-15H,6-13H2,1-5H3,(H,27,28)(H,29,32). The fourth-order valence-electron chi connectivity index (χ4n) is 5.14. The van der Waals surface area contributed by atoms with E-state index in [4.69, 9.17) is 19.2 Å². The first-order valence-electron chi connectivity index (χ1n) is 12.7. The molecule has 1 aliphatic carbocycles. The Morgan fingerprint density at radius 2 is 1.59 bits per heavy atom. The van der Waals surface area contributed by atoms with Crippen molar-refractivity contribution in [1.29, 1.82) is 0 Å². The van der Waals surface area contributed by atoms with Gasteiger partial charge in [-0.3, -0.25) is 18.7 Å². The highest BCUT2D eigenvalue weighted by atomic mass is 16.5. The van der Waals surface area contributed by atoms with Crippen molar-refractivity contribution in [3.05, 3.63) is 44.4 Å². The SMILES string of the molecule is CCCn1c(=O)c2[nH]c(C3(NC(=O)c4cc(OC)c(OC)c(OC)c4)CCCC3)nc2n(CCC)c1=O. The lowest BCUT2D eigenvalue weighted by Crippen LogP contribution is -2.44. The van der Waals surface area contributed by atoms with Gasteiger partial charge in [-0.1, -0.05) is 26.7 Å². The first kappa shape index (κ1) is 26.3. The van der Waals surface area contributed by atoms with Crippen LogP contribution in [0.5, 0.6) is 17.2 Å². The molecular weight excluding hydrogens is 478 g/mol. The van der Waals surface area contributed by atoms with E-state index in [0.29, 0.717) is 73.1 Å². The minimum atomic E-state index is -0.814. The number of aromatic nitrogens is 4. The maximum Gasteiger partial charge on any atom is 0.332 e. The van der Waals surface area contributed by atoms with Crippen molar-refractivity contribution in [2.24, 2.45) is 0 Å². The number of carbonyl (C=O) groups is 1. The average molecular weight is 514 g/mol. The van der Waals surface area contributed by atoms with E-state index in [2.05, 4.69) is 10.3 Å². The summed E-state index contributed by atoms with van der Waals surface area (Å²) in [5, 5.41) is 3.17. The van der Waals surface area contributed by atoms with Gasteiger partial charge in [-0.25, -0.2) is 9.78 Å². The zero-order chi connectivity index (χ0) is 26.7. The van der Waals surface area contributed by atoms with Crippen LogP contribution in [0.15, 0.2) is 21.7 Å². The third-order valence-electron chi connectivity index (χ3n) is 6.95. The lowest BCUT2D eigenvalue weighted by Gasteiger charge is -2.28. The Balaban J connectivity index is 1.81. The Hall–Kier alpha value is -3.76. The van der Waals surface area contributed by atoms with Crippen molar-refractivity contribution in [1.82, 2.24) is 24.4 Å². The maximum absolute atomic E-state index is 13.5. The minimum Gasteiger partial charge on any atom is -0.493 e. The van der Waals surface area contributed by atoms with Crippen LogP contribution >= 0.6 is 0 Å². The van der Waals surface area contributed by atoms with Gasteiger partial charge in [0, 0.05) is 18.7 Å². The van der Waals surface area contributed by atoms with Gasteiger partial charge in [0.15, 0.2) is 17.1 Å². The predicted octanol–water partition coefficient (Wildman–Crippen LogP) is 2.93. The number of amides is 1. The van der Waals surface area contributed by atoms with Gasteiger partial charge in [-0.15, -0.1) is 0 Å². The number of carbonyl (C=O) groups excluding carboxylic acids is 1. The van der Waals surface area contributed by atoms with Crippen LogP contribution in [-0.2, 0) is 18.6 Å². The van der Waals surface area contributed by atoms with Gasteiger partial charge >= 0.3 is 5.69 Å². The molecule has 0 aliphatic heterocycles. The molecule has 1 aliphatic rings. The second kappa shape index (κ2) is 10.7. The minimum absolute atomic E-state index is 0.282. The van der Waals surface area contributed by atoms with Crippen molar-refractivity contribution in [3.8, 4) is 17.2 Å². The summed E-state index contributed by atoms with van der Waals surface area (Å²) < 4.78 is 19.0. The number of aryl methyl sites for hydroxylation is 1. The van der Waals surface area contributed by atoms with Crippen LogP contribution in [0.1, 0.15) is 68.6 Å². The van der Waals surface area contributed by atoms with Crippen LogP contribution in [0.4, 0.5) is 0 Å². The lowest BCUT2D eigenvalue weighted by atomic mass is 9.95. The zero-order valence-corrected chi connectivity index (χ0v) is 22.1. The molecule has 0 saturated heterocycles. The summed E-state index contributed by atoms with van der Waals surface area (Å²) in [6.07, 6.45) is 4.42. The highest BCUT2D eigenvalue weighted by Gasteiger charge is 2.41. The number of hydrogen-bond donors (Lipinski definition) is 2. The van der Waals surface area contributed by atoms with Gasteiger partial charge in [0.1, 0.15) is 11.3 Å². The molecule has 11 nitrogen and oxygen atoms in total. The first-order chi connectivity index (χ1) is 17.8. The molecule has 37 heavy (non-hydrogen) atoms. The molecule has 2 heterocycles. The highest BCUT2D eigenvalue weighted by Crippen LogP contribution is 2.40. The van der Waals surface area contributed by atoms with Gasteiger partial charge in [-0.05, 0) is 37.8 Å². The van der Waals surface area contributed by atoms with Crippen LogP contribution in [0.25, 0.3) is 11.2 Å². The molecule has 1 aromatic carbocycles. The number of rotatable bonds is 10. The second-order valence-corrected chi connectivity index (χ2v) is 9.33. The molecule has 3 aromatic rings. The summed E-state index contributed by atoms with van der Waals surface area (Å²) in [7, 11) is 4.49. The molecular formula is C26H35N5O6. The van der Waals surface area contributed by atoms with E-state index >= 15 is 0 Å². The zero-order valence-electron chi connectivity index (χ0n) is 22.1. The number of nitrogens with zero attached hydrogens (tertiary/aromatic N) is 3. The van der Waals surface area contributed by atoms with Crippen molar-refractivity contribution in [2.75, 3.05) is 21.3 Å². The molecule has 11 heteroatoms. The van der Waals surface area contributed by atoms with Gasteiger partial charge in [0.05, 0.1) is 26.9 Å². The van der Waals surface area contributed by atoms with E-state index in [9.17, 15) is 14.4 Å². The first-order valence-corrected chi connectivity index (χ1v) is 12.7. The van der Waals surface area contributed by atoms with E-state index in [1.807, 2.05) is 13.8 Å². The molecule has 1 amide bonds. The van der Waals surface area contributed by atoms with Crippen LogP contribution in [0, 0.1) is 0 Å². The summed E-state index contributed by atoms with van der Waals surface area (Å²) in [5.74, 6) is 1.28. The summed E-state index contributed by atoms with van der Waals surface area (Å²) in [6, 6.07) is 3.20. The van der Waals surface area contributed by atoms with Gasteiger partial charge in [0.25, 0.3) is 11.5 Å². The van der Waals surface area contributed by atoms with Crippen LogP contribution in [0.3, 0.4) is 0 Å². The average Bonchev–Trinajstić information content (AvgIpc) is 3.56. The fraction of sp³-hybridized carbons (Fsp3) is 0.538. The number of H-pyrrole nitrogens is 1. The summed E-state index contributed by atoms with van der Waals surface area (Å²) in [6.45, 7) is 4.66. The quantitative estimate of drug-likeness (QED) is 0.426. The molecule has 2 N–H and O–H groups in total. The molecule has 2 aromatic heterocycles. The number of ether oxygens (including phenoxy) is 3. The fourth-order valence-corrected chi connectivity index (χ4v) is 5.14. The summed E-state index contributed by atoms with van der Waals surface area (Å²) in [5.41, 5.74) is -0.619. The molecule has 1 saturated carbocycles. The number of hydrogen-bond acceptors (Lipinski definition) is 7. The smallest absolute Gasteiger partial charge is 0.332 e. The Labute approximate surface area is 214 Å².